The van der Waals surface area contributed by atoms with Gasteiger partial charge >= 0.3 is 0 Å². The number of Topliss-reactive ketones (excluding diaryl/α,β-unsaturated/α-hetero) is 1. The van der Waals surface area contributed by atoms with E-state index >= 15 is 0 Å². The Balaban J connectivity index is 1.73. The molecular weight excluding hydrogens is 306 g/mol. The molecule has 2 aromatic carbocycles. The lowest BCUT2D eigenvalue weighted by Crippen LogP contribution is -2.18. The van der Waals surface area contributed by atoms with E-state index in [2.05, 4.69) is 5.32 Å². The monoisotopic (exact) mass is 325 g/mol. The van der Waals surface area contributed by atoms with E-state index in [1.807, 2.05) is 30.3 Å². The molecule has 0 unspecified atom stereocenters. The normalized spacial score (nSPS) is 12.5. The number of carbonyl (C=O) groups is 2. The first kappa shape index (κ1) is 16.1. The minimum atomic E-state index is -0.141. The first-order valence-corrected chi connectivity index (χ1v) is 7.92. The molecule has 0 saturated heterocycles. The molecule has 0 aromatic heterocycles. The van der Waals surface area contributed by atoms with Gasteiger partial charge in [-0.05, 0) is 25.0 Å². The Morgan fingerprint density at radius 3 is 2.38 bits per heavy atom. The summed E-state index contributed by atoms with van der Waals surface area (Å²) in [5, 5.41) is 2.82. The van der Waals surface area contributed by atoms with Gasteiger partial charge in [0.05, 0.1) is 5.69 Å². The second-order valence-corrected chi connectivity index (χ2v) is 5.63. The van der Waals surface area contributed by atoms with Gasteiger partial charge in [-0.1, -0.05) is 30.3 Å². The van der Waals surface area contributed by atoms with Gasteiger partial charge < -0.3 is 14.8 Å². The maximum atomic E-state index is 12.2. The van der Waals surface area contributed by atoms with Crippen molar-refractivity contribution in [3.63, 3.8) is 0 Å². The summed E-state index contributed by atoms with van der Waals surface area (Å²) in [6, 6.07) is 13.1. The number of nitrogens with one attached hydrogen (secondary N) is 1. The van der Waals surface area contributed by atoms with E-state index in [-0.39, 0.29) is 11.7 Å². The van der Waals surface area contributed by atoms with Crippen LogP contribution in [0.2, 0.25) is 0 Å². The highest BCUT2D eigenvalue weighted by Gasteiger charge is 2.19. The van der Waals surface area contributed by atoms with Gasteiger partial charge in [0.15, 0.2) is 17.3 Å². The summed E-state index contributed by atoms with van der Waals surface area (Å²) < 4.78 is 11.0. The van der Waals surface area contributed by atoms with E-state index in [1.54, 1.807) is 12.1 Å². The molecule has 2 aromatic rings. The maximum Gasteiger partial charge on any atom is 0.224 e. The van der Waals surface area contributed by atoms with Crippen LogP contribution in [-0.4, -0.2) is 24.9 Å². The molecule has 0 fully saturated rings. The van der Waals surface area contributed by atoms with E-state index in [0.717, 1.165) is 5.56 Å². The Hall–Kier alpha value is -2.82. The average Bonchev–Trinajstić information content (AvgIpc) is 2.60. The molecule has 1 amide bonds. The maximum absolute atomic E-state index is 12.2. The number of hydrogen-bond donors (Lipinski definition) is 1. The summed E-state index contributed by atoms with van der Waals surface area (Å²) in [6.45, 7) is 2.37. The lowest BCUT2D eigenvalue weighted by atomic mass is 10.1. The topological polar surface area (TPSA) is 64.6 Å². The zero-order valence-electron chi connectivity index (χ0n) is 13.5. The van der Waals surface area contributed by atoms with Gasteiger partial charge in [0.2, 0.25) is 5.91 Å². The van der Waals surface area contributed by atoms with Gasteiger partial charge in [-0.15, -0.1) is 0 Å². The molecule has 0 aliphatic carbocycles. The molecular formula is C19H19NO4. The number of aryl methyl sites for hydroxylation is 1. The first-order valence-electron chi connectivity index (χ1n) is 7.92. The van der Waals surface area contributed by atoms with Crippen molar-refractivity contribution in [2.75, 3.05) is 18.5 Å². The smallest absolute Gasteiger partial charge is 0.224 e. The largest absolute Gasteiger partial charge is 0.486 e. The summed E-state index contributed by atoms with van der Waals surface area (Å²) in [4.78, 5) is 24.1. The van der Waals surface area contributed by atoms with Crippen LogP contribution < -0.4 is 14.8 Å². The van der Waals surface area contributed by atoms with Crippen LogP contribution in [0, 0.1) is 0 Å². The van der Waals surface area contributed by atoms with Gasteiger partial charge in [0.25, 0.3) is 0 Å². The SMILES string of the molecule is CC(=O)c1cc2c(cc1NC(=O)CCc1ccccc1)OCCO2. The Labute approximate surface area is 140 Å². The fraction of sp³-hybridized carbons (Fsp3) is 0.263. The van der Waals surface area contributed by atoms with Crippen LogP contribution in [0.15, 0.2) is 42.5 Å². The molecule has 1 aliphatic rings. The Morgan fingerprint density at radius 2 is 1.71 bits per heavy atom. The number of fused-ring (bicyclic) bond motifs is 1. The third kappa shape index (κ3) is 3.74. The van der Waals surface area contributed by atoms with Crippen molar-refractivity contribution in [2.45, 2.75) is 19.8 Å². The predicted octanol–water partition coefficient (Wildman–Crippen LogP) is 3.23. The molecule has 0 atom stereocenters. The summed E-state index contributed by atoms with van der Waals surface area (Å²) >= 11 is 0. The van der Waals surface area contributed by atoms with E-state index in [4.69, 9.17) is 9.47 Å². The highest BCUT2D eigenvalue weighted by atomic mass is 16.6. The minimum absolute atomic E-state index is 0.134. The third-order valence-electron chi connectivity index (χ3n) is 3.82. The van der Waals surface area contributed by atoms with Crippen molar-refractivity contribution in [2.24, 2.45) is 0 Å². The standard InChI is InChI=1S/C19H19NO4/c1-13(21)15-11-17-18(24-10-9-23-17)12-16(15)20-19(22)8-7-14-5-3-2-4-6-14/h2-6,11-12H,7-10H2,1H3,(H,20,22). The molecule has 3 rings (SSSR count). The van der Waals surface area contributed by atoms with Gasteiger partial charge in [-0.2, -0.15) is 0 Å². The number of amides is 1. The Kier molecular flexibility index (Phi) is 4.79. The van der Waals surface area contributed by atoms with Crippen LogP contribution in [-0.2, 0) is 11.2 Å². The first-order chi connectivity index (χ1) is 11.6. The molecule has 5 heteroatoms. The summed E-state index contributed by atoms with van der Waals surface area (Å²) in [5.41, 5.74) is 1.98. The number of hydrogen-bond acceptors (Lipinski definition) is 4. The van der Waals surface area contributed by atoms with Crippen LogP contribution in [0.25, 0.3) is 0 Å². The molecule has 1 heterocycles. The molecule has 0 radical (unpaired) electrons. The van der Waals surface area contributed by atoms with Gasteiger partial charge in [-0.25, -0.2) is 0 Å². The molecule has 1 aliphatic heterocycles. The molecule has 0 spiro atoms. The van der Waals surface area contributed by atoms with Gasteiger partial charge in [0, 0.05) is 18.1 Å². The second-order valence-electron chi connectivity index (χ2n) is 5.63. The fourth-order valence-corrected chi connectivity index (χ4v) is 2.60. The molecule has 0 bridgehead atoms. The van der Waals surface area contributed by atoms with Crippen molar-refractivity contribution < 1.29 is 19.1 Å². The number of benzene rings is 2. The van der Waals surface area contributed by atoms with Gasteiger partial charge in [0.1, 0.15) is 13.2 Å². The van der Waals surface area contributed by atoms with Crippen molar-refractivity contribution in [3.8, 4) is 11.5 Å². The van der Waals surface area contributed by atoms with Crippen molar-refractivity contribution >= 4 is 17.4 Å². The number of ether oxygens (including phenoxy) is 2. The van der Waals surface area contributed by atoms with E-state index in [0.29, 0.717) is 48.8 Å². The van der Waals surface area contributed by atoms with Crippen LogP contribution in [0.4, 0.5) is 5.69 Å². The number of ketones is 1. The zero-order chi connectivity index (χ0) is 16.9. The molecule has 0 saturated carbocycles. The van der Waals surface area contributed by atoms with E-state index in [1.165, 1.54) is 6.92 Å². The van der Waals surface area contributed by atoms with E-state index in [9.17, 15) is 9.59 Å². The van der Waals surface area contributed by atoms with Crippen LogP contribution in [0.1, 0.15) is 29.3 Å². The molecule has 124 valence electrons. The Morgan fingerprint density at radius 1 is 1.04 bits per heavy atom. The van der Waals surface area contributed by atoms with Gasteiger partial charge in [-0.3, -0.25) is 9.59 Å². The Bertz CT molecular complexity index is 755. The predicted molar refractivity (Wildman–Crippen MR) is 90.8 cm³/mol. The zero-order valence-corrected chi connectivity index (χ0v) is 13.5. The highest BCUT2D eigenvalue weighted by molar-refractivity contribution is 6.04. The third-order valence-corrected chi connectivity index (χ3v) is 3.82. The number of anilines is 1. The lowest BCUT2D eigenvalue weighted by molar-refractivity contribution is -0.116. The van der Waals surface area contributed by atoms with Crippen molar-refractivity contribution in [1.29, 1.82) is 0 Å². The number of rotatable bonds is 5. The molecule has 24 heavy (non-hydrogen) atoms. The van der Waals surface area contributed by atoms with Crippen LogP contribution in [0.5, 0.6) is 11.5 Å². The van der Waals surface area contributed by atoms with Crippen molar-refractivity contribution in [3.05, 3.63) is 53.6 Å². The minimum Gasteiger partial charge on any atom is -0.486 e. The summed E-state index contributed by atoms with van der Waals surface area (Å²) in [6.07, 6.45) is 0.989. The average molecular weight is 325 g/mol. The molecule has 5 nitrogen and oxygen atoms in total. The van der Waals surface area contributed by atoms with E-state index < -0.39 is 0 Å². The van der Waals surface area contributed by atoms with Crippen molar-refractivity contribution in [1.82, 2.24) is 0 Å². The number of carbonyl (C=O) groups excluding carboxylic acids is 2. The summed E-state index contributed by atoms with van der Waals surface area (Å²) in [7, 11) is 0. The second kappa shape index (κ2) is 7.17. The lowest BCUT2D eigenvalue weighted by Gasteiger charge is -2.20. The highest BCUT2D eigenvalue weighted by Crippen LogP contribution is 2.35. The quantitative estimate of drug-likeness (QED) is 0.857. The van der Waals surface area contributed by atoms with Crippen LogP contribution in [0.3, 0.4) is 0 Å². The van der Waals surface area contributed by atoms with Crippen LogP contribution >= 0.6 is 0 Å². The fourth-order valence-electron chi connectivity index (χ4n) is 2.60. The summed E-state index contributed by atoms with van der Waals surface area (Å²) in [5.74, 6) is 0.807. The molecule has 1 N–H and O–H groups in total.